The molecule has 0 spiro atoms. The van der Waals surface area contributed by atoms with Gasteiger partial charge in [-0.15, -0.1) is 11.3 Å². The first-order valence-corrected chi connectivity index (χ1v) is 9.73. The summed E-state index contributed by atoms with van der Waals surface area (Å²) in [6, 6.07) is 2.56. The van der Waals surface area contributed by atoms with Gasteiger partial charge in [-0.05, 0) is 25.0 Å². The molecule has 1 saturated carbocycles. The molecule has 0 bridgehead atoms. The van der Waals surface area contributed by atoms with Gasteiger partial charge in [0.15, 0.2) is 0 Å². The molecule has 1 fully saturated rings. The van der Waals surface area contributed by atoms with E-state index in [0.717, 1.165) is 17.6 Å². The largest absolute Gasteiger partial charge is 0.469 e. The lowest BCUT2D eigenvalue weighted by Gasteiger charge is -2.19. The molecule has 0 unspecified atom stereocenters. The molecular formula is C13H16ClNO6S2. The minimum atomic E-state index is -3.71. The van der Waals surface area contributed by atoms with E-state index in [4.69, 9.17) is 15.8 Å². The summed E-state index contributed by atoms with van der Waals surface area (Å²) in [4.78, 5) is 24.3. The summed E-state index contributed by atoms with van der Waals surface area (Å²) in [6.45, 7) is 0. The molecule has 1 amide bonds. The van der Waals surface area contributed by atoms with Crippen molar-refractivity contribution in [1.29, 1.82) is 0 Å². The van der Waals surface area contributed by atoms with Crippen LogP contribution in [0.5, 0.6) is 0 Å². The maximum Gasteiger partial charge on any atom is 0.308 e. The summed E-state index contributed by atoms with van der Waals surface area (Å²) in [6.07, 6.45) is 0.526. The average Bonchev–Trinajstić information content (AvgIpc) is 3.03. The van der Waals surface area contributed by atoms with Gasteiger partial charge in [0.05, 0.1) is 40.6 Å². The van der Waals surface area contributed by atoms with Crippen LogP contribution in [0.15, 0.2) is 12.1 Å². The zero-order valence-electron chi connectivity index (χ0n) is 12.4. The van der Waals surface area contributed by atoms with Crippen LogP contribution in [0.2, 0.25) is 4.34 Å². The fourth-order valence-corrected chi connectivity index (χ4v) is 4.12. The highest BCUT2D eigenvalue weighted by atomic mass is 35.5. The van der Waals surface area contributed by atoms with E-state index in [2.05, 4.69) is 10.1 Å². The zero-order valence-corrected chi connectivity index (χ0v) is 14.8. The van der Waals surface area contributed by atoms with Crippen LogP contribution in [0.1, 0.15) is 22.5 Å². The van der Waals surface area contributed by atoms with E-state index in [1.807, 2.05) is 0 Å². The quantitative estimate of drug-likeness (QED) is 0.612. The smallest absolute Gasteiger partial charge is 0.308 e. The second kappa shape index (κ2) is 7.16. The molecule has 7 nitrogen and oxygen atoms in total. The summed E-state index contributed by atoms with van der Waals surface area (Å²) in [5.41, 5.74) is 0. The van der Waals surface area contributed by atoms with E-state index in [9.17, 15) is 18.0 Å². The average molecular weight is 382 g/mol. The highest BCUT2D eigenvalue weighted by Gasteiger charge is 2.41. The monoisotopic (exact) mass is 381 g/mol. The van der Waals surface area contributed by atoms with Crippen molar-refractivity contribution < 1.29 is 26.9 Å². The van der Waals surface area contributed by atoms with Crippen LogP contribution in [-0.4, -0.2) is 45.8 Å². The first-order valence-electron chi connectivity index (χ1n) is 6.72. The predicted octanol–water partition coefficient (Wildman–Crippen LogP) is 1.43. The number of halogens is 1. The maximum atomic E-state index is 12.2. The lowest BCUT2D eigenvalue weighted by atomic mass is 10.1. The summed E-state index contributed by atoms with van der Waals surface area (Å²) < 4.78 is 32.9. The van der Waals surface area contributed by atoms with Gasteiger partial charge in [-0.3, -0.25) is 13.8 Å². The third-order valence-corrected chi connectivity index (χ3v) is 5.28. The van der Waals surface area contributed by atoms with E-state index >= 15 is 0 Å². The topological polar surface area (TPSA) is 98.8 Å². The first-order chi connectivity index (χ1) is 10.7. The third-order valence-electron chi connectivity index (χ3n) is 3.45. The fourth-order valence-electron chi connectivity index (χ4n) is 2.52. The van der Waals surface area contributed by atoms with Crippen LogP contribution in [-0.2, 0) is 23.8 Å². The minimum absolute atomic E-state index is 0.163. The standard InChI is InChI=1S/C13H16ClNO6S2/c1-20-13(17)7-5-8(9(6-7)21-23(2,18)19)15-12(16)10-3-4-11(14)22-10/h3-4,7-9H,5-6H2,1-2H3,(H,15,16)/t7-,8+,9-/m1/s1. The minimum Gasteiger partial charge on any atom is -0.469 e. The number of carbonyl (C=O) groups excluding carboxylic acids is 2. The Kier molecular flexibility index (Phi) is 5.66. The molecule has 0 aliphatic heterocycles. The van der Waals surface area contributed by atoms with Crippen LogP contribution in [0.4, 0.5) is 0 Å². The van der Waals surface area contributed by atoms with Gasteiger partial charge < -0.3 is 10.1 Å². The zero-order chi connectivity index (χ0) is 17.2. The van der Waals surface area contributed by atoms with E-state index in [-0.39, 0.29) is 18.7 Å². The lowest BCUT2D eigenvalue weighted by Crippen LogP contribution is -2.41. The van der Waals surface area contributed by atoms with Crippen molar-refractivity contribution in [2.24, 2.45) is 5.92 Å². The van der Waals surface area contributed by atoms with Crippen molar-refractivity contribution in [3.8, 4) is 0 Å². The number of esters is 1. The number of hydrogen-bond donors (Lipinski definition) is 1. The summed E-state index contributed by atoms with van der Waals surface area (Å²) in [7, 11) is -2.46. The molecule has 1 aliphatic rings. The van der Waals surface area contributed by atoms with E-state index in [1.54, 1.807) is 12.1 Å². The Hall–Kier alpha value is -1.16. The molecule has 1 aromatic rings. The number of carbonyl (C=O) groups is 2. The molecule has 0 radical (unpaired) electrons. The molecule has 0 aromatic carbocycles. The summed E-state index contributed by atoms with van der Waals surface area (Å²) >= 11 is 6.90. The Balaban J connectivity index is 2.12. The molecule has 1 heterocycles. The summed E-state index contributed by atoms with van der Waals surface area (Å²) in [5, 5.41) is 2.71. The predicted molar refractivity (Wildman–Crippen MR) is 85.0 cm³/mol. The number of hydrogen-bond acceptors (Lipinski definition) is 7. The molecule has 0 saturated heterocycles. The van der Waals surface area contributed by atoms with Gasteiger partial charge in [0, 0.05) is 0 Å². The third kappa shape index (κ3) is 4.90. The lowest BCUT2D eigenvalue weighted by molar-refractivity contribution is -0.145. The number of methoxy groups -OCH3 is 1. The van der Waals surface area contributed by atoms with Gasteiger partial charge in [-0.2, -0.15) is 8.42 Å². The van der Waals surface area contributed by atoms with E-state index in [1.165, 1.54) is 7.11 Å². The molecule has 1 aromatic heterocycles. The van der Waals surface area contributed by atoms with Gasteiger partial charge >= 0.3 is 5.97 Å². The molecule has 10 heteroatoms. The van der Waals surface area contributed by atoms with Gasteiger partial charge in [-0.1, -0.05) is 11.6 Å². The Morgan fingerprint density at radius 2 is 2.04 bits per heavy atom. The van der Waals surface area contributed by atoms with Crippen LogP contribution in [0.3, 0.4) is 0 Å². The van der Waals surface area contributed by atoms with Gasteiger partial charge in [0.2, 0.25) is 0 Å². The Bertz CT molecular complexity index is 701. The van der Waals surface area contributed by atoms with Crippen LogP contribution >= 0.6 is 22.9 Å². The number of nitrogens with one attached hydrogen (secondary N) is 1. The highest BCUT2D eigenvalue weighted by Crippen LogP contribution is 2.31. The van der Waals surface area contributed by atoms with Crippen molar-refractivity contribution >= 4 is 44.9 Å². The van der Waals surface area contributed by atoms with Crippen LogP contribution < -0.4 is 5.32 Å². The van der Waals surface area contributed by atoms with Crippen molar-refractivity contribution in [3.05, 3.63) is 21.3 Å². The number of thiophene rings is 1. The van der Waals surface area contributed by atoms with E-state index < -0.39 is 34.2 Å². The Morgan fingerprint density at radius 1 is 1.35 bits per heavy atom. The summed E-state index contributed by atoms with van der Waals surface area (Å²) in [5.74, 6) is -1.37. The maximum absolute atomic E-state index is 12.2. The number of ether oxygens (including phenoxy) is 1. The number of amides is 1. The molecule has 1 N–H and O–H groups in total. The van der Waals surface area contributed by atoms with Gasteiger partial charge in [0.1, 0.15) is 0 Å². The molecule has 128 valence electrons. The normalized spacial score (nSPS) is 24.4. The molecule has 2 rings (SSSR count). The van der Waals surface area contributed by atoms with Crippen molar-refractivity contribution in [2.75, 3.05) is 13.4 Å². The van der Waals surface area contributed by atoms with Gasteiger partial charge in [-0.25, -0.2) is 0 Å². The van der Waals surface area contributed by atoms with E-state index in [0.29, 0.717) is 9.21 Å². The fraction of sp³-hybridized carbons (Fsp3) is 0.538. The second-order valence-electron chi connectivity index (χ2n) is 5.21. The van der Waals surface area contributed by atoms with Crippen molar-refractivity contribution in [1.82, 2.24) is 5.32 Å². The van der Waals surface area contributed by atoms with Crippen molar-refractivity contribution in [2.45, 2.75) is 25.0 Å². The molecular weight excluding hydrogens is 366 g/mol. The van der Waals surface area contributed by atoms with Gasteiger partial charge in [0.25, 0.3) is 16.0 Å². The van der Waals surface area contributed by atoms with Crippen LogP contribution in [0, 0.1) is 5.92 Å². The van der Waals surface area contributed by atoms with Crippen molar-refractivity contribution in [3.63, 3.8) is 0 Å². The number of rotatable bonds is 5. The highest BCUT2D eigenvalue weighted by molar-refractivity contribution is 7.86. The second-order valence-corrected chi connectivity index (χ2v) is 8.53. The first kappa shape index (κ1) is 18.2. The molecule has 3 atom stereocenters. The molecule has 23 heavy (non-hydrogen) atoms. The molecule has 1 aliphatic carbocycles. The Morgan fingerprint density at radius 3 is 2.57 bits per heavy atom. The Labute approximate surface area is 143 Å². The SMILES string of the molecule is COC(=O)[C@@H]1C[C@H](NC(=O)c2ccc(Cl)s2)[C@H](OS(C)(=O)=O)C1. The van der Waals surface area contributed by atoms with Crippen LogP contribution in [0.25, 0.3) is 0 Å².